The molecule has 0 saturated heterocycles. The number of carbonyl (C=O) groups is 2. The first-order valence-corrected chi connectivity index (χ1v) is 7.50. The van der Waals surface area contributed by atoms with E-state index in [-0.39, 0.29) is 29.7 Å². The molecule has 0 unspecified atom stereocenters. The zero-order valence-electron chi connectivity index (χ0n) is 13.9. The van der Waals surface area contributed by atoms with Gasteiger partial charge in [0.25, 0.3) is 0 Å². The van der Waals surface area contributed by atoms with Crippen LogP contribution in [0.25, 0.3) is 0 Å². The van der Waals surface area contributed by atoms with Gasteiger partial charge in [0, 0.05) is 18.5 Å². The van der Waals surface area contributed by atoms with Crippen molar-refractivity contribution in [3.05, 3.63) is 35.6 Å². The molecule has 122 valence electrons. The van der Waals surface area contributed by atoms with E-state index in [1.807, 2.05) is 20.8 Å². The maximum Gasteiger partial charge on any atom is 0.242 e. The number of nitrogens with zero attached hydrogens (tertiary/aromatic N) is 1. The molecule has 1 atom stereocenters. The van der Waals surface area contributed by atoms with E-state index in [1.165, 1.54) is 17.0 Å². The molecule has 1 rings (SSSR count). The number of hydrogen-bond donors (Lipinski definition) is 1. The Kier molecular flexibility index (Phi) is 6.09. The topological polar surface area (TPSA) is 49.4 Å². The van der Waals surface area contributed by atoms with Crippen molar-refractivity contribution in [1.82, 2.24) is 10.2 Å². The molecule has 0 radical (unpaired) electrons. The van der Waals surface area contributed by atoms with Crippen LogP contribution in [0.4, 0.5) is 4.39 Å². The van der Waals surface area contributed by atoms with E-state index >= 15 is 0 Å². The van der Waals surface area contributed by atoms with Gasteiger partial charge in [-0.25, -0.2) is 4.39 Å². The first-order chi connectivity index (χ1) is 10.1. The largest absolute Gasteiger partial charge is 0.350 e. The van der Waals surface area contributed by atoms with Crippen LogP contribution in [0.3, 0.4) is 0 Å². The molecule has 0 aromatic heterocycles. The number of hydrogen-bond acceptors (Lipinski definition) is 2. The fourth-order valence-electron chi connectivity index (χ4n) is 2.05. The molecule has 0 aliphatic rings. The van der Waals surface area contributed by atoms with Crippen LogP contribution in [-0.4, -0.2) is 28.3 Å². The van der Waals surface area contributed by atoms with Gasteiger partial charge >= 0.3 is 0 Å². The second-order valence-corrected chi connectivity index (χ2v) is 6.42. The van der Waals surface area contributed by atoms with Crippen molar-refractivity contribution in [3.8, 4) is 0 Å². The van der Waals surface area contributed by atoms with Crippen LogP contribution >= 0.6 is 0 Å². The van der Waals surface area contributed by atoms with Gasteiger partial charge in [0.05, 0.1) is 0 Å². The molecule has 0 heterocycles. The van der Waals surface area contributed by atoms with Crippen LogP contribution in [0.15, 0.2) is 24.3 Å². The number of amides is 2. The molecule has 0 aliphatic carbocycles. The van der Waals surface area contributed by atoms with Crippen molar-refractivity contribution in [3.63, 3.8) is 0 Å². The Morgan fingerprint density at radius 1 is 1.23 bits per heavy atom. The molecule has 2 amide bonds. The summed E-state index contributed by atoms with van der Waals surface area (Å²) in [6.07, 6.45) is 0.314. The second-order valence-electron chi connectivity index (χ2n) is 6.42. The number of benzene rings is 1. The number of rotatable bonds is 5. The summed E-state index contributed by atoms with van der Waals surface area (Å²) in [5.74, 6) is -0.632. The van der Waals surface area contributed by atoms with Crippen LogP contribution in [-0.2, 0) is 16.1 Å². The Morgan fingerprint density at radius 2 is 1.77 bits per heavy atom. The van der Waals surface area contributed by atoms with Crippen LogP contribution in [0, 0.1) is 5.82 Å². The Balaban J connectivity index is 2.90. The van der Waals surface area contributed by atoms with E-state index in [1.54, 1.807) is 26.0 Å². The Labute approximate surface area is 131 Å². The summed E-state index contributed by atoms with van der Waals surface area (Å²) in [6.45, 7) is 9.43. The molecule has 1 N–H and O–H groups in total. The highest BCUT2D eigenvalue weighted by Crippen LogP contribution is 2.12. The fraction of sp³-hybridized carbons (Fsp3) is 0.529. The molecule has 0 aliphatic heterocycles. The minimum Gasteiger partial charge on any atom is -0.350 e. The fourth-order valence-corrected chi connectivity index (χ4v) is 2.05. The minimum absolute atomic E-state index is 0.110. The Hall–Kier alpha value is -1.91. The summed E-state index contributed by atoms with van der Waals surface area (Å²) in [5.41, 5.74) is 0.431. The van der Waals surface area contributed by atoms with E-state index < -0.39 is 6.04 Å². The van der Waals surface area contributed by atoms with Crippen molar-refractivity contribution in [2.75, 3.05) is 0 Å². The third-order valence-corrected chi connectivity index (χ3v) is 3.23. The van der Waals surface area contributed by atoms with Gasteiger partial charge in [-0.2, -0.15) is 0 Å². The van der Waals surface area contributed by atoms with Crippen molar-refractivity contribution in [2.45, 2.75) is 59.2 Å². The highest BCUT2D eigenvalue weighted by Gasteiger charge is 2.27. The van der Waals surface area contributed by atoms with Gasteiger partial charge in [0.1, 0.15) is 11.9 Å². The lowest BCUT2D eigenvalue weighted by molar-refractivity contribution is -0.141. The summed E-state index contributed by atoms with van der Waals surface area (Å²) in [4.78, 5) is 26.0. The molecule has 1 aromatic carbocycles. The second kappa shape index (κ2) is 7.38. The van der Waals surface area contributed by atoms with E-state index in [0.29, 0.717) is 6.42 Å². The molecule has 0 spiro atoms. The monoisotopic (exact) mass is 308 g/mol. The smallest absolute Gasteiger partial charge is 0.242 e. The SMILES string of the molecule is CCC(=O)N(Cc1ccc(F)cc1)[C@@H](C)C(=O)NC(C)(C)C. The Bertz CT molecular complexity index is 520. The molecule has 22 heavy (non-hydrogen) atoms. The number of nitrogens with one attached hydrogen (secondary N) is 1. The van der Waals surface area contributed by atoms with Gasteiger partial charge in [0.15, 0.2) is 0 Å². The number of carbonyl (C=O) groups excluding carboxylic acids is 2. The molecule has 5 heteroatoms. The summed E-state index contributed by atoms with van der Waals surface area (Å²) in [5, 5.41) is 2.88. The first-order valence-electron chi connectivity index (χ1n) is 7.50. The first kappa shape index (κ1) is 18.1. The maximum absolute atomic E-state index is 13.0. The predicted molar refractivity (Wildman–Crippen MR) is 84.6 cm³/mol. The zero-order chi connectivity index (χ0) is 16.9. The molecule has 0 bridgehead atoms. The van der Waals surface area contributed by atoms with Crippen molar-refractivity contribution in [1.29, 1.82) is 0 Å². The van der Waals surface area contributed by atoms with E-state index in [0.717, 1.165) is 5.56 Å². The third-order valence-electron chi connectivity index (χ3n) is 3.23. The van der Waals surface area contributed by atoms with Crippen LogP contribution < -0.4 is 5.32 Å². The maximum atomic E-state index is 13.0. The molecule has 0 saturated carbocycles. The third kappa shape index (κ3) is 5.47. The molecule has 4 nitrogen and oxygen atoms in total. The van der Waals surface area contributed by atoms with Crippen LogP contribution in [0.1, 0.15) is 46.6 Å². The average molecular weight is 308 g/mol. The van der Waals surface area contributed by atoms with Crippen LogP contribution in [0.2, 0.25) is 0 Å². The molecular formula is C17H25FN2O2. The predicted octanol–water partition coefficient (Wildman–Crippen LogP) is 2.87. The van der Waals surface area contributed by atoms with Crippen molar-refractivity contribution < 1.29 is 14.0 Å². The summed E-state index contributed by atoms with van der Waals surface area (Å²) in [7, 11) is 0. The minimum atomic E-state index is -0.586. The van der Waals surface area contributed by atoms with Crippen molar-refractivity contribution >= 4 is 11.8 Å². The van der Waals surface area contributed by atoms with E-state index in [9.17, 15) is 14.0 Å². The molecular weight excluding hydrogens is 283 g/mol. The lowest BCUT2D eigenvalue weighted by atomic mass is 10.1. The molecule has 0 fully saturated rings. The summed E-state index contributed by atoms with van der Waals surface area (Å²) >= 11 is 0. The number of halogens is 1. The highest BCUT2D eigenvalue weighted by atomic mass is 19.1. The van der Waals surface area contributed by atoms with Gasteiger partial charge < -0.3 is 10.2 Å². The molecule has 1 aromatic rings. The lowest BCUT2D eigenvalue weighted by Crippen LogP contribution is -2.52. The van der Waals surface area contributed by atoms with Gasteiger partial charge in [-0.1, -0.05) is 19.1 Å². The highest BCUT2D eigenvalue weighted by molar-refractivity contribution is 5.87. The van der Waals surface area contributed by atoms with Gasteiger partial charge in [-0.05, 0) is 45.4 Å². The van der Waals surface area contributed by atoms with Crippen molar-refractivity contribution in [2.24, 2.45) is 0 Å². The average Bonchev–Trinajstić information content (AvgIpc) is 2.43. The van der Waals surface area contributed by atoms with E-state index in [2.05, 4.69) is 5.32 Å². The van der Waals surface area contributed by atoms with Gasteiger partial charge in [-0.15, -0.1) is 0 Å². The van der Waals surface area contributed by atoms with Crippen LogP contribution in [0.5, 0.6) is 0 Å². The quantitative estimate of drug-likeness (QED) is 0.909. The summed E-state index contributed by atoms with van der Waals surface area (Å²) in [6, 6.07) is 5.36. The standard InChI is InChI=1S/C17H25FN2O2/c1-6-15(21)20(11-13-7-9-14(18)10-8-13)12(2)16(22)19-17(3,4)5/h7-10,12H,6,11H2,1-5H3,(H,19,22)/t12-/m0/s1. The van der Waals surface area contributed by atoms with Gasteiger partial charge in [-0.3, -0.25) is 9.59 Å². The summed E-state index contributed by atoms with van der Waals surface area (Å²) < 4.78 is 13.0. The lowest BCUT2D eigenvalue weighted by Gasteiger charge is -2.31. The Morgan fingerprint density at radius 3 is 2.23 bits per heavy atom. The van der Waals surface area contributed by atoms with E-state index in [4.69, 9.17) is 0 Å². The normalized spacial score (nSPS) is 12.6. The zero-order valence-corrected chi connectivity index (χ0v) is 13.9. The van der Waals surface area contributed by atoms with Gasteiger partial charge in [0.2, 0.25) is 11.8 Å².